The normalized spacial score (nSPS) is 12.4. The van der Waals surface area contributed by atoms with Crippen LogP contribution in [0.25, 0.3) is 0 Å². The van der Waals surface area contributed by atoms with Crippen molar-refractivity contribution in [2.45, 2.75) is 37.6 Å². The van der Waals surface area contributed by atoms with E-state index < -0.39 is 21.5 Å². The van der Waals surface area contributed by atoms with Crippen LogP contribution in [0, 0.1) is 6.92 Å². The summed E-state index contributed by atoms with van der Waals surface area (Å²) < 4.78 is 26.8. The summed E-state index contributed by atoms with van der Waals surface area (Å²) >= 11 is 0. The fraction of sp³-hybridized carbons (Fsp3) is 0.417. The number of carbonyl (C=O) groups excluding carboxylic acids is 1. The van der Waals surface area contributed by atoms with E-state index in [2.05, 4.69) is 4.72 Å². The Hall–Kier alpha value is -1.60. The number of carbonyl (C=O) groups is 1. The summed E-state index contributed by atoms with van der Waals surface area (Å²) in [6.45, 7) is 4.97. The lowest BCUT2D eigenvalue weighted by Gasteiger charge is -2.24. The van der Waals surface area contributed by atoms with Crippen LogP contribution in [0.3, 0.4) is 0 Å². The van der Waals surface area contributed by atoms with Crippen LogP contribution in [0.2, 0.25) is 0 Å². The van der Waals surface area contributed by atoms with E-state index in [4.69, 9.17) is 11.5 Å². The molecule has 7 heteroatoms. The fourth-order valence-electron chi connectivity index (χ4n) is 1.68. The van der Waals surface area contributed by atoms with Crippen LogP contribution >= 0.6 is 0 Å². The first-order valence-electron chi connectivity index (χ1n) is 5.72. The number of amides is 1. The molecule has 0 saturated heterocycles. The summed E-state index contributed by atoms with van der Waals surface area (Å²) in [7, 11) is -3.74. The number of nitrogens with two attached hydrogens (primary N) is 2. The van der Waals surface area contributed by atoms with Crippen LogP contribution in [-0.4, -0.2) is 19.9 Å². The number of hydrogen-bond donors (Lipinski definition) is 3. The lowest BCUT2D eigenvalue weighted by atomic mass is 10.0. The maximum atomic E-state index is 12.2. The Morgan fingerprint density at radius 2 is 1.95 bits per heavy atom. The minimum Gasteiger partial charge on any atom is -0.398 e. The monoisotopic (exact) mass is 285 g/mol. The van der Waals surface area contributed by atoms with Crippen LogP contribution in [0.5, 0.6) is 0 Å². The van der Waals surface area contributed by atoms with Crippen molar-refractivity contribution < 1.29 is 13.2 Å². The van der Waals surface area contributed by atoms with Crippen LogP contribution in [0.1, 0.15) is 25.8 Å². The highest BCUT2D eigenvalue weighted by atomic mass is 32.2. The molecule has 1 rings (SSSR count). The number of benzene rings is 1. The molecule has 0 spiro atoms. The zero-order chi connectivity index (χ0) is 14.8. The van der Waals surface area contributed by atoms with Gasteiger partial charge in [0.25, 0.3) is 0 Å². The van der Waals surface area contributed by atoms with Crippen molar-refractivity contribution in [1.82, 2.24) is 4.72 Å². The first-order chi connectivity index (χ1) is 8.53. The van der Waals surface area contributed by atoms with E-state index in [1.165, 1.54) is 12.1 Å². The van der Waals surface area contributed by atoms with Crippen molar-refractivity contribution in [1.29, 1.82) is 0 Å². The number of anilines is 1. The van der Waals surface area contributed by atoms with Crippen molar-refractivity contribution >= 4 is 21.6 Å². The van der Waals surface area contributed by atoms with Crippen molar-refractivity contribution in [3.8, 4) is 0 Å². The van der Waals surface area contributed by atoms with E-state index in [0.29, 0.717) is 5.69 Å². The molecule has 0 atom stereocenters. The third-order valence-corrected chi connectivity index (χ3v) is 4.28. The molecular formula is C12H19N3O3S. The van der Waals surface area contributed by atoms with Gasteiger partial charge in [-0.15, -0.1) is 0 Å². The van der Waals surface area contributed by atoms with E-state index >= 15 is 0 Å². The molecule has 106 valence electrons. The topological polar surface area (TPSA) is 115 Å². The minimum atomic E-state index is -3.74. The van der Waals surface area contributed by atoms with Crippen molar-refractivity contribution in [3.63, 3.8) is 0 Å². The highest BCUT2D eigenvalue weighted by Crippen LogP contribution is 2.19. The molecular weight excluding hydrogens is 266 g/mol. The summed E-state index contributed by atoms with van der Waals surface area (Å²) in [4.78, 5) is 11.0. The SMILES string of the molecule is Cc1ccc(S(=O)(=O)NC(C)(C)CC(N)=O)cc1N. The largest absolute Gasteiger partial charge is 0.398 e. The molecule has 0 aliphatic rings. The molecule has 0 saturated carbocycles. The zero-order valence-electron chi connectivity index (χ0n) is 11.2. The second-order valence-corrected chi connectivity index (χ2v) is 6.83. The molecule has 0 fully saturated rings. The van der Waals surface area contributed by atoms with Gasteiger partial charge in [0.2, 0.25) is 15.9 Å². The van der Waals surface area contributed by atoms with E-state index in [0.717, 1.165) is 5.56 Å². The Morgan fingerprint density at radius 1 is 1.37 bits per heavy atom. The second-order valence-electron chi connectivity index (χ2n) is 5.15. The third kappa shape index (κ3) is 4.22. The van der Waals surface area contributed by atoms with Crippen molar-refractivity contribution in [2.75, 3.05) is 5.73 Å². The molecule has 1 amide bonds. The molecule has 0 heterocycles. The first-order valence-corrected chi connectivity index (χ1v) is 7.20. The second kappa shape index (κ2) is 5.18. The van der Waals surface area contributed by atoms with Crippen molar-refractivity contribution in [2.24, 2.45) is 5.73 Å². The van der Waals surface area contributed by atoms with Gasteiger partial charge < -0.3 is 11.5 Å². The Labute approximate surface area is 113 Å². The average Bonchev–Trinajstić information content (AvgIpc) is 2.17. The molecule has 0 aliphatic carbocycles. The number of hydrogen-bond acceptors (Lipinski definition) is 4. The molecule has 1 aromatic carbocycles. The maximum absolute atomic E-state index is 12.2. The lowest BCUT2D eigenvalue weighted by Crippen LogP contribution is -2.45. The summed E-state index contributed by atoms with van der Waals surface area (Å²) in [5.41, 5.74) is 11.0. The predicted molar refractivity (Wildman–Crippen MR) is 73.8 cm³/mol. The van der Waals surface area contributed by atoms with Crippen LogP contribution in [-0.2, 0) is 14.8 Å². The molecule has 0 aliphatic heterocycles. The van der Waals surface area contributed by atoms with Crippen molar-refractivity contribution in [3.05, 3.63) is 23.8 Å². The average molecular weight is 285 g/mol. The van der Waals surface area contributed by atoms with Gasteiger partial charge in [0.05, 0.1) is 4.90 Å². The molecule has 19 heavy (non-hydrogen) atoms. The summed E-state index contributed by atoms with van der Waals surface area (Å²) in [6.07, 6.45) is -0.0897. The van der Waals surface area contributed by atoms with Gasteiger partial charge in [0, 0.05) is 17.6 Å². The molecule has 0 aromatic heterocycles. The lowest BCUT2D eigenvalue weighted by molar-refractivity contribution is -0.119. The highest BCUT2D eigenvalue weighted by molar-refractivity contribution is 7.89. The van der Waals surface area contributed by atoms with Gasteiger partial charge in [-0.05, 0) is 38.5 Å². The number of sulfonamides is 1. The Bertz CT molecular complexity index is 594. The standard InChI is InChI=1S/C12H19N3O3S/c1-8-4-5-9(6-10(8)13)19(17,18)15-12(2,3)7-11(14)16/h4-6,15H,7,13H2,1-3H3,(H2,14,16). The van der Waals surface area contributed by atoms with Crippen LogP contribution in [0.4, 0.5) is 5.69 Å². The van der Waals surface area contributed by atoms with E-state index in [1.54, 1.807) is 26.8 Å². The van der Waals surface area contributed by atoms with Crippen LogP contribution < -0.4 is 16.2 Å². The Kier molecular flexibility index (Phi) is 4.21. The van der Waals surface area contributed by atoms with Gasteiger partial charge in [-0.2, -0.15) is 0 Å². The molecule has 0 radical (unpaired) electrons. The van der Waals surface area contributed by atoms with E-state index in [9.17, 15) is 13.2 Å². The number of nitrogen functional groups attached to an aromatic ring is 1. The van der Waals surface area contributed by atoms with Gasteiger partial charge in [-0.3, -0.25) is 4.79 Å². The van der Waals surface area contributed by atoms with Gasteiger partial charge in [-0.25, -0.2) is 13.1 Å². The maximum Gasteiger partial charge on any atom is 0.241 e. The zero-order valence-corrected chi connectivity index (χ0v) is 12.0. The number of rotatable bonds is 5. The Balaban J connectivity index is 3.04. The smallest absolute Gasteiger partial charge is 0.241 e. The quantitative estimate of drug-likeness (QED) is 0.683. The predicted octanol–water partition coefficient (Wildman–Crippen LogP) is 0.510. The summed E-state index contributed by atoms with van der Waals surface area (Å²) in [6, 6.07) is 4.48. The fourth-order valence-corrected chi connectivity index (χ4v) is 3.13. The highest BCUT2D eigenvalue weighted by Gasteiger charge is 2.28. The molecule has 6 nitrogen and oxygen atoms in total. The number of primary amides is 1. The summed E-state index contributed by atoms with van der Waals surface area (Å²) in [5.74, 6) is -0.573. The van der Waals surface area contributed by atoms with Gasteiger partial charge in [0.15, 0.2) is 0 Å². The number of nitrogens with one attached hydrogen (secondary N) is 1. The summed E-state index contributed by atoms with van der Waals surface area (Å²) in [5, 5.41) is 0. The van der Waals surface area contributed by atoms with E-state index in [-0.39, 0.29) is 11.3 Å². The van der Waals surface area contributed by atoms with Gasteiger partial charge in [0.1, 0.15) is 0 Å². The van der Waals surface area contributed by atoms with Gasteiger partial charge >= 0.3 is 0 Å². The van der Waals surface area contributed by atoms with Gasteiger partial charge in [-0.1, -0.05) is 6.07 Å². The number of aryl methyl sites for hydroxylation is 1. The first kappa shape index (κ1) is 15.5. The molecule has 5 N–H and O–H groups in total. The minimum absolute atomic E-state index is 0.0631. The van der Waals surface area contributed by atoms with Crippen LogP contribution in [0.15, 0.2) is 23.1 Å². The molecule has 0 bridgehead atoms. The molecule has 0 unspecified atom stereocenters. The third-order valence-electron chi connectivity index (χ3n) is 2.59. The molecule has 1 aromatic rings. The van der Waals surface area contributed by atoms with E-state index in [1.807, 2.05) is 0 Å². The Morgan fingerprint density at radius 3 is 2.42 bits per heavy atom.